The van der Waals surface area contributed by atoms with E-state index in [2.05, 4.69) is 47.4 Å². The maximum atomic E-state index is 2.74. The highest BCUT2D eigenvalue weighted by molar-refractivity contribution is 8.93. The van der Waals surface area contributed by atoms with Crippen LogP contribution in [0.15, 0.2) is 24.3 Å². The zero-order chi connectivity index (χ0) is 8.97. The lowest BCUT2D eigenvalue weighted by Crippen LogP contribution is -1.93. The molecule has 1 atom stereocenters. The van der Waals surface area contributed by atoms with Crippen molar-refractivity contribution in [2.24, 2.45) is 5.92 Å². The van der Waals surface area contributed by atoms with E-state index in [0.29, 0.717) is 0 Å². The molecule has 74 valence electrons. The van der Waals surface area contributed by atoms with Gasteiger partial charge in [-0.25, -0.2) is 0 Å². The van der Waals surface area contributed by atoms with Crippen LogP contribution in [0.3, 0.4) is 0 Å². The first-order valence-corrected chi connectivity index (χ1v) is 5.32. The van der Waals surface area contributed by atoms with Gasteiger partial charge in [-0.05, 0) is 29.6 Å². The fraction of sp³-hybridized carbons (Fsp3) is 0.455. The van der Waals surface area contributed by atoms with Crippen LogP contribution in [0.2, 0.25) is 0 Å². The zero-order valence-electron chi connectivity index (χ0n) is 8.29. The Balaban J connectivity index is 0.00000144. The molecule has 0 aliphatic heterocycles. The van der Waals surface area contributed by atoms with E-state index >= 15 is 0 Å². The van der Waals surface area contributed by atoms with Gasteiger partial charge in [-0.15, -0.1) is 26.2 Å². The monoisotopic (exact) mass is 260 g/mol. The Kier molecular flexibility index (Phi) is 6.63. The number of benzene rings is 1. The molecule has 0 nitrogen and oxygen atoms in total. The molecule has 1 aromatic carbocycles. The Morgan fingerprint density at radius 3 is 1.92 bits per heavy atom. The van der Waals surface area contributed by atoms with Gasteiger partial charge < -0.3 is 0 Å². The number of hydrogen-bond acceptors (Lipinski definition) is 0. The highest BCUT2D eigenvalue weighted by atomic mass is 79.9. The molecule has 0 radical (unpaired) electrons. The van der Waals surface area contributed by atoms with Crippen molar-refractivity contribution in [2.75, 3.05) is 0 Å². The molecule has 1 rings (SSSR count). The minimum atomic E-state index is 0. The van der Waals surface area contributed by atoms with Crippen molar-refractivity contribution in [3.05, 3.63) is 35.4 Å². The number of rotatable bonds is 3. The van der Waals surface area contributed by atoms with Gasteiger partial charge >= 0.3 is 0 Å². The third-order valence-corrected chi connectivity index (χ3v) is 2.37. The van der Waals surface area contributed by atoms with E-state index in [0.717, 1.165) is 12.1 Å². The van der Waals surface area contributed by atoms with Crippen LogP contribution in [0, 0.1) is 5.92 Å². The first-order valence-electron chi connectivity index (χ1n) is 4.50. The molecule has 0 fully saturated rings. The smallest absolute Gasteiger partial charge is 0.0128 e. The van der Waals surface area contributed by atoms with E-state index in [1.165, 1.54) is 17.5 Å². The molecular formula is C11H18BrP. The van der Waals surface area contributed by atoms with Gasteiger partial charge in [0.05, 0.1) is 0 Å². The lowest BCUT2D eigenvalue weighted by molar-refractivity contribution is 0.647. The van der Waals surface area contributed by atoms with Gasteiger partial charge in [0.15, 0.2) is 0 Å². The second-order valence-corrected chi connectivity index (χ2v) is 4.03. The molecule has 0 bridgehead atoms. The van der Waals surface area contributed by atoms with Gasteiger partial charge in [0, 0.05) is 0 Å². The molecule has 0 saturated carbocycles. The van der Waals surface area contributed by atoms with Crippen LogP contribution in [-0.4, -0.2) is 0 Å². The van der Waals surface area contributed by atoms with Crippen LogP contribution >= 0.6 is 26.2 Å². The molecular weight excluding hydrogens is 243 g/mol. The van der Waals surface area contributed by atoms with Crippen LogP contribution in [0.5, 0.6) is 0 Å². The third-order valence-electron chi connectivity index (χ3n) is 1.90. The Bertz CT molecular complexity index is 228. The van der Waals surface area contributed by atoms with Crippen molar-refractivity contribution in [2.45, 2.75) is 26.4 Å². The van der Waals surface area contributed by atoms with Crippen LogP contribution in [-0.2, 0) is 12.6 Å². The average molecular weight is 261 g/mol. The normalized spacial score (nSPS) is 9.85. The van der Waals surface area contributed by atoms with E-state index in [4.69, 9.17) is 0 Å². The fourth-order valence-electron chi connectivity index (χ4n) is 1.28. The molecule has 0 aliphatic carbocycles. The number of halogens is 1. The van der Waals surface area contributed by atoms with E-state index < -0.39 is 0 Å². The molecule has 0 aliphatic rings. The predicted octanol–water partition coefficient (Wildman–Crippen LogP) is 3.84. The molecule has 0 amide bonds. The van der Waals surface area contributed by atoms with E-state index in [1.54, 1.807) is 0 Å². The minimum absolute atomic E-state index is 0. The quantitative estimate of drug-likeness (QED) is 0.725. The lowest BCUT2D eigenvalue weighted by atomic mass is 10.0. The Labute approximate surface area is 94.1 Å². The third kappa shape index (κ3) is 4.78. The summed E-state index contributed by atoms with van der Waals surface area (Å²) in [6, 6.07) is 8.90. The molecule has 0 aromatic heterocycles. The summed E-state index contributed by atoms with van der Waals surface area (Å²) in [6.45, 7) is 4.51. The van der Waals surface area contributed by atoms with Crippen molar-refractivity contribution < 1.29 is 0 Å². The Hall–Kier alpha value is 0.130. The van der Waals surface area contributed by atoms with Gasteiger partial charge in [0.2, 0.25) is 0 Å². The molecule has 1 unspecified atom stereocenters. The summed E-state index contributed by atoms with van der Waals surface area (Å²) in [5, 5.41) is 0. The summed E-state index contributed by atoms with van der Waals surface area (Å²) in [7, 11) is 2.74. The van der Waals surface area contributed by atoms with Gasteiger partial charge in [0.25, 0.3) is 0 Å². The van der Waals surface area contributed by atoms with Crippen molar-refractivity contribution in [3.63, 3.8) is 0 Å². The maximum Gasteiger partial charge on any atom is -0.0128 e. The molecule has 0 heterocycles. The fourth-order valence-corrected chi connectivity index (χ4v) is 1.55. The lowest BCUT2D eigenvalue weighted by Gasteiger charge is -2.04. The zero-order valence-corrected chi connectivity index (χ0v) is 11.2. The maximum absolute atomic E-state index is 2.74. The Morgan fingerprint density at radius 2 is 1.54 bits per heavy atom. The van der Waals surface area contributed by atoms with Crippen LogP contribution < -0.4 is 0 Å². The summed E-state index contributed by atoms with van der Waals surface area (Å²) in [6.07, 6.45) is 2.25. The molecule has 1 aromatic rings. The molecule has 0 spiro atoms. The van der Waals surface area contributed by atoms with Gasteiger partial charge in [0.1, 0.15) is 0 Å². The number of hydrogen-bond donors (Lipinski definition) is 0. The molecule has 2 heteroatoms. The minimum Gasteiger partial charge on any atom is -0.133 e. The summed E-state index contributed by atoms with van der Waals surface area (Å²) in [5.41, 5.74) is 2.85. The van der Waals surface area contributed by atoms with Crippen molar-refractivity contribution in [1.29, 1.82) is 0 Å². The van der Waals surface area contributed by atoms with Gasteiger partial charge in [-0.1, -0.05) is 38.1 Å². The van der Waals surface area contributed by atoms with E-state index in [-0.39, 0.29) is 17.0 Å². The van der Waals surface area contributed by atoms with Gasteiger partial charge in [-0.3, -0.25) is 0 Å². The summed E-state index contributed by atoms with van der Waals surface area (Å²) in [5.74, 6) is 0.756. The summed E-state index contributed by atoms with van der Waals surface area (Å²) >= 11 is 0. The highest BCUT2D eigenvalue weighted by Crippen LogP contribution is 2.11. The van der Waals surface area contributed by atoms with Crippen molar-refractivity contribution >= 4 is 26.2 Å². The van der Waals surface area contributed by atoms with Crippen molar-refractivity contribution in [3.8, 4) is 0 Å². The topological polar surface area (TPSA) is 0 Å². The SMILES string of the molecule is Br.CC(C)Cc1ccc(CP)cc1. The van der Waals surface area contributed by atoms with Gasteiger partial charge in [-0.2, -0.15) is 0 Å². The standard InChI is InChI=1S/C11H17P.BrH/c1-9(2)7-10-3-5-11(8-12)6-4-10;/h3-6,9H,7-8,12H2,1-2H3;1H. The molecule has 0 saturated heterocycles. The first kappa shape index (κ1) is 13.1. The molecule has 13 heavy (non-hydrogen) atoms. The predicted molar refractivity (Wildman–Crippen MR) is 68.7 cm³/mol. The summed E-state index contributed by atoms with van der Waals surface area (Å²) < 4.78 is 0. The van der Waals surface area contributed by atoms with E-state index in [9.17, 15) is 0 Å². The largest absolute Gasteiger partial charge is 0.133 e. The van der Waals surface area contributed by atoms with Crippen LogP contribution in [0.25, 0.3) is 0 Å². The second-order valence-electron chi connectivity index (χ2n) is 3.62. The van der Waals surface area contributed by atoms with Crippen LogP contribution in [0.4, 0.5) is 0 Å². The second kappa shape index (κ2) is 6.56. The first-order chi connectivity index (χ1) is 5.72. The Morgan fingerprint density at radius 1 is 1.08 bits per heavy atom. The molecule has 0 N–H and O–H groups in total. The summed E-state index contributed by atoms with van der Waals surface area (Å²) in [4.78, 5) is 0. The van der Waals surface area contributed by atoms with Crippen molar-refractivity contribution in [1.82, 2.24) is 0 Å². The average Bonchev–Trinajstić information content (AvgIpc) is 2.05. The van der Waals surface area contributed by atoms with E-state index in [1.807, 2.05) is 0 Å². The van der Waals surface area contributed by atoms with Crippen LogP contribution in [0.1, 0.15) is 25.0 Å². The highest BCUT2D eigenvalue weighted by Gasteiger charge is 1.96.